The molecule has 0 amide bonds. The van der Waals surface area contributed by atoms with Gasteiger partial charge in [0.2, 0.25) is 0 Å². The summed E-state index contributed by atoms with van der Waals surface area (Å²) in [6.07, 6.45) is 0. The zero-order valence-corrected chi connectivity index (χ0v) is 17.1. The lowest BCUT2D eigenvalue weighted by molar-refractivity contribution is 0.0247. The van der Waals surface area contributed by atoms with Gasteiger partial charge >= 0.3 is 0 Å². The average Bonchev–Trinajstić information content (AvgIpc) is 2.75. The number of nitrogens with zero attached hydrogens (tertiary/aromatic N) is 1. The highest BCUT2D eigenvalue weighted by Gasteiger charge is 2.03. The van der Waals surface area contributed by atoms with E-state index >= 15 is 0 Å². The summed E-state index contributed by atoms with van der Waals surface area (Å²) in [6, 6.07) is 21.2. The standard InChI is InChI=1S/C24H29NO4/c1-25(2)23-8-5-21-17-20(3-4-22(21)18-23)19-6-9-24(10-7-19)29-16-15-28-14-13-27-12-11-26/h3-10,17-18,26H,11-16H2,1-2H3. The van der Waals surface area contributed by atoms with Gasteiger partial charge in [0, 0.05) is 19.8 Å². The van der Waals surface area contributed by atoms with Crippen molar-refractivity contribution in [2.75, 3.05) is 58.6 Å². The van der Waals surface area contributed by atoms with Gasteiger partial charge < -0.3 is 24.2 Å². The predicted octanol–water partition coefficient (Wildman–Crippen LogP) is 3.98. The van der Waals surface area contributed by atoms with Crippen LogP contribution in [0.5, 0.6) is 5.75 Å². The number of aliphatic hydroxyl groups is 1. The maximum atomic E-state index is 8.61. The van der Waals surface area contributed by atoms with Gasteiger partial charge in [-0.3, -0.25) is 0 Å². The van der Waals surface area contributed by atoms with Crippen LogP contribution in [0.15, 0.2) is 60.7 Å². The van der Waals surface area contributed by atoms with Crippen LogP contribution in [0.25, 0.3) is 21.9 Å². The molecule has 0 saturated carbocycles. The van der Waals surface area contributed by atoms with Gasteiger partial charge in [-0.05, 0) is 52.2 Å². The number of anilines is 1. The van der Waals surface area contributed by atoms with Gasteiger partial charge in [-0.15, -0.1) is 0 Å². The third kappa shape index (κ3) is 6.19. The fourth-order valence-corrected chi connectivity index (χ4v) is 3.04. The van der Waals surface area contributed by atoms with Crippen LogP contribution < -0.4 is 9.64 Å². The predicted molar refractivity (Wildman–Crippen MR) is 118 cm³/mol. The molecule has 0 saturated heterocycles. The molecule has 0 spiro atoms. The normalized spacial score (nSPS) is 11.0. The van der Waals surface area contributed by atoms with Gasteiger partial charge in [-0.2, -0.15) is 0 Å². The maximum Gasteiger partial charge on any atom is 0.119 e. The lowest BCUT2D eigenvalue weighted by Crippen LogP contribution is -2.11. The van der Waals surface area contributed by atoms with E-state index in [9.17, 15) is 0 Å². The third-order valence-corrected chi connectivity index (χ3v) is 4.63. The Morgan fingerprint density at radius 1 is 0.690 bits per heavy atom. The van der Waals surface area contributed by atoms with Crippen LogP contribution in [0.2, 0.25) is 0 Å². The lowest BCUT2D eigenvalue weighted by atomic mass is 10.0. The van der Waals surface area contributed by atoms with E-state index in [1.54, 1.807) is 0 Å². The van der Waals surface area contributed by atoms with Crippen LogP contribution in [0.3, 0.4) is 0 Å². The number of benzene rings is 3. The van der Waals surface area contributed by atoms with Crippen molar-refractivity contribution in [3.8, 4) is 16.9 Å². The van der Waals surface area contributed by atoms with E-state index < -0.39 is 0 Å². The largest absolute Gasteiger partial charge is 0.491 e. The Hall–Kier alpha value is -2.60. The van der Waals surface area contributed by atoms with Crippen LogP contribution >= 0.6 is 0 Å². The van der Waals surface area contributed by atoms with Crippen LogP contribution in [0.1, 0.15) is 0 Å². The Bertz CT molecular complexity index is 893. The van der Waals surface area contributed by atoms with Crippen LogP contribution in [0, 0.1) is 0 Å². The average molecular weight is 395 g/mol. The molecule has 29 heavy (non-hydrogen) atoms. The van der Waals surface area contributed by atoms with E-state index in [0.717, 1.165) is 11.3 Å². The molecule has 0 fully saturated rings. The Morgan fingerprint density at radius 3 is 2.03 bits per heavy atom. The smallest absolute Gasteiger partial charge is 0.119 e. The summed E-state index contributed by atoms with van der Waals surface area (Å²) in [5.74, 6) is 0.824. The molecule has 0 radical (unpaired) electrons. The summed E-state index contributed by atoms with van der Waals surface area (Å²) in [7, 11) is 4.11. The summed E-state index contributed by atoms with van der Waals surface area (Å²) in [4.78, 5) is 2.11. The van der Waals surface area contributed by atoms with Crippen molar-refractivity contribution < 1.29 is 19.3 Å². The molecule has 0 aliphatic carbocycles. The molecule has 3 rings (SSSR count). The molecule has 5 nitrogen and oxygen atoms in total. The fraction of sp³-hybridized carbons (Fsp3) is 0.333. The second-order valence-electron chi connectivity index (χ2n) is 6.96. The lowest BCUT2D eigenvalue weighted by Gasteiger charge is -2.13. The van der Waals surface area contributed by atoms with Crippen molar-refractivity contribution in [1.82, 2.24) is 0 Å². The van der Waals surface area contributed by atoms with Crippen molar-refractivity contribution in [2.24, 2.45) is 0 Å². The van der Waals surface area contributed by atoms with E-state index in [-0.39, 0.29) is 6.61 Å². The summed E-state index contributed by atoms with van der Waals surface area (Å²) in [5.41, 5.74) is 3.55. The molecule has 1 N–H and O–H groups in total. The van der Waals surface area contributed by atoms with Gasteiger partial charge in [-0.1, -0.05) is 30.3 Å². The van der Waals surface area contributed by atoms with E-state index in [1.807, 2.05) is 12.1 Å². The van der Waals surface area contributed by atoms with Gasteiger partial charge in [-0.25, -0.2) is 0 Å². The number of aliphatic hydroxyl groups excluding tert-OH is 1. The Balaban J connectivity index is 1.52. The maximum absolute atomic E-state index is 8.61. The first-order valence-corrected chi connectivity index (χ1v) is 9.88. The van der Waals surface area contributed by atoms with Gasteiger partial charge in [0.15, 0.2) is 0 Å². The first kappa shape index (κ1) is 21.1. The molecule has 0 aromatic heterocycles. The Kier molecular flexibility index (Phi) is 7.87. The Labute approximate surface area is 172 Å². The highest BCUT2D eigenvalue weighted by atomic mass is 16.5. The van der Waals surface area contributed by atoms with Gasteiger partial charge in [0.05, 0.1) is 33.0 Å². The first-order chi connectivity index (χ1) is 14.2. The molecule has 0 aliphatic heterocycles. The fourth-order valence-electron chi connectivity index (χ4n) is 3.04. The number of rotatable bonds is 11. The van der Waals surface area contributed by atoms with Crippen molar-refractivity contribution in [1.29, 1.82) is 0 Å². The summed E-state index contributed by atoms with van der Waals surface area (Å²) < 4.78 is 16.3. The zero-order chi connectivity index (χ0) is 20.5. The molecule has 0 aliphatic rings. The van der Waals surface area contributed by atoms with E-state index in [4.69, 9.17) is 19.3 Å². The molecule has 154 valence electrons. The zero-order valence-electron chi connectivity index (χ0n) is 17.1. The summed E-state index contributed by atoms with van der Waals surface area (Å²) in [6.45, 7) is 2.36. The van der Waals surface area contributed by atoms with Crippen LogP contribution in [0.4, 0.5) is 5.69 Å². The number of hydrogen-bond donors (Lipinski definition) is 1. The van der Waals surface area contributed by atoms with Gasteiger partial charge in [0.25, 0.3) is 0 Å². The first-order valence-electron chi connectivity index (χ1n) is 9.88. The topological polar surface area (TPSA) is 51.2 Å². The molecule has 5 heteroatoms. The number of ether oxygens (including phenoxy) is 3. The molecule has 0 heterocycles. The van der Waals surface area contributed by atoms with Crippen molar-refractivity contribution in [3.63, 3.8) is 0 Å². The van der Waals surface area contributed by atoms with Crippen LogP contribution in [-0.2, 0) is 9.47 Å². The highest BCUT2D eigenvalue weighted by molar-refractivity contribution is 5.89. The van der Waals surface area contributed by atoms with E-state index in [1.165, 1.54) is 22.0 Å². The molecule has 0 unspecified atom stereocenters. The van der Waals surface area contributed by atoms with Gasteiger partial charge in [0.1, 0.15) is 12.4 Å². The molecule has 0 atom stereocenters. The second-order valence-corrected chi connectivity index (χ2v) is 6.96. The third-order valence-electron chi connectivity index (χ3n) is 4.63. The van der Waals surface area contributed by atoms with E-state index in [2.05, 4.69) is 67.5 Å². The number of hydrogen-bond acceptors (Lipinski definition) is 5. The molecule has 3 aromatic rings. The minimum Gasteiger partial charge on any atom is -0.491 e. The van der Waals surface area contributed by atoms with Crippen molar-refractivity contribution in [2.45, 2.75) is 0 Å². The SMILES string of the molecule is CN(C)c1ccc2cc(-c3ccc(OCCOCCOCCO)cc3)ccc2c1. The minimum absolute atomic E-state index is 0.0374. The summed E-state index contributed by atoms with van der Waals surface area (Å²) >= 11 is 0. The van der Waals surface area contributed by atoms with E-state index in [0.29, 0.717) is 33.0 Å². The molecular weight excluding hydrogens is 366 g/mol. The quantitative estimate of drug-likeness (QED) is 0.498. The van der Waals surface area contributed by atoms with Crippen molar-refractivity contribution in [3.05, 3.63) is 60.7 Å². The number of fused-ring (bicyclic) bond motifs is 1. The van der Waals surface area contributed by atoms with Crippen molar-refractivity contribution >= 4 is 16.5 Å². The second kappa shape index (κ2) is 10.8. The molecule has 0 bridgehead atoms. The van der Waals surface area contributed by atoms with Crippen LogP contribution in [-0.4, -0.2) is 58.8 Å². The summed E-state index contributed by atoms with van der Waals surface area (Å²) in [5, 5.41) is 11.1. The highest BCUT2D eigenvalue weighted by Crippen LogP contribution is 2.28. The molecule has 3 aromatic carbocycles. The monoisotopic (exact) mass is 395 g/mol. The Morgan fingerprint density at radius 2 is 1.31 bits per heavy atom. The molecular formula is C24H29NO4. The minimum atomic E-state index is 0.0374.